The number of sulfonamides is 1. The zero-order valence-corrected chi connectivity index (χ0v) is 19.7. The Kier molecular flexibility index (Phi) is 6.65. The number of likely N-dealkylation sites (tertiary alicyclic amines) is 1. The van der Waals surface area contributed by atoms with Crippen molar-refractivity contribution in [3.8, 4) is 0 Å². The van der Waals surface area contributed by atoms with Gasteiger partial charge in [0.15, 0.2) is 0 Å². The Labute approximate surface area is 186 Å². The van der Waals surface area contributed by atoms with Crippen LogP contribution in [0.1, 0.15) is 36.5 Å². The van der Waals surface area contributed by atoms with Crippen LogP contribution in [0, 0.1) is 5.92 Å². The van der Waals surface area contributed by atoms with Crippen LogP contribution in [0.15, 0.2) is 45.1 Å². The van der Waals surface area contributed by atoms with Crippen LogP contribution in [0.3, 0.4) is 0 Å². The number of nitrogens with zero attached hydrogens (tertiary/aromatic N) is 2. The number of hydrogen-bond donors (Lipinski definition) is 1. The Balaban J connectivity index is 1.28. The number of nitrogens with two attached hydrogens (primary N) is 1. The third-order valence-corrected chi connectivity index (χ3v) is 8.88. The van der Waals surface area contributed by atoms with Crippen molar-refractivity contribution in [2.75, 3.05) is 37.6 Å². The second kappa shape index (κ2) is 9.06. The van der Waals surface area contributed by atoms with Gasteiger partial charge in [0, 0.05) is 42.7 Å². The molecule has 0 amide bonds. The molecule has 2 fully saturated rings. The summed E-state index contributed by atoms with van der Waals surface area (Å²) in [4.78, 5) is 6.71. The zero-order valence-electron chi connectivity index (χ0n) is 16.5. The van der Waals surface area contributed by atoms with E-state index in [1.807, 2.05) is 23.5 Å². The molecule has 2 N–H and O–H groups in total. The lowest BCUT2D eigenvalue weighted by Gasteiger charge is -2.38. The predicted octanol–water partition coefficient (Wildman–Crippen LogP) is 4.25. The second-order valence-corrected chi connectivity index (χ2v) is 12.3. The fraction of sp³-hybridized carbons (Fsp3) is 0.524. The number of hydrogen-bond acceptors (Lipinski definition) is 5. The first-order valence-corrected chi connectivity index (χ1v) is 13.4. The van der Waals surface area contributed by atoms with E-state index in [4.69, 9.17) is 5.14 Å². The lowest BCUT2D eigenvalue weighted by molar-refractivity contribution is 0.168. The van der Waals surface area contributed by atoms with Crippen LogP contribution in [-0.4, -0.2) is 46.0 Å². The number of benzene rings is 1. The number of primary sulfonamides is 1. The van der Waals surface area contributed by atoms with Crippen LogP contribution in [0.4, 0.5) is 5.69 Å². The van der Waals surface area contributed by atoms with Gasteiger partial charge in [-0.15, -0.1) is 11.3 Å². The number of anilines is 1. The summed E-state index contributed by atoms with van der Waals surface area (Å²) in [5.41, 5.74) is 1.08. The molecule has 1 aromatic carbocycles. The molecule has 1 unspecified atom stereocenters. The summed E-state index contributed by atoms with van der Waals surface area (Å²) in [5, 5.41) is 5.19. The van der Waals surface area contributed by atoms with Gasteiger partial charge in [-0.25, -0.2) is 13.6 Å². The molecule has 1 aromatic heterocycles. The van der Waals surface area contributed by atoms with Crippen LogP contribution in [0.5, 0.6) is 0 Å². The van der Waals surface area contributed by atoms with E-state index >= 15 is 0 Å². The van der Waals surface area contributed by atoms with Gasteiger partial charge in [0.25, 0.3) is 0 Å². The molecule has 1 atom stereocenters. The molecular weight excluding hydrogens is 470 g/mol. The molecule has 5 nitrogen and oxygen atoms in total. The highest BCUT2D eigenvalue weighted by atomic mass is 79.9. The summed E-state index contributed by atoms with van der Waals surface area (Å²) in [6.45, 7) is 5.64. The zero-order chi connectivity index (χ0) is 20.4. The van der Waals surface area contributed by atoms with Gasteiger partial charge in [-0.05, 0) is 90.5 Å². The van der Waals surface area contributed by atoms with Crippen molar-refractivity contribution in [3.63, 3.8) is 0 Å². The van der Waals surface area contributed by atoms with Crippen LogP contribution >= 0.6 is 27.3 Å². The molecule has 0 saturated carbocycles. The van der Waals surface area contributed by atoms with Gasteiger partial charge in [0.05, 0.1) is 8.68 Å². The predicted molar refractivity (Wildman–Crippen MR) is 123 cm³/mol. The fourth-order valence-corrected chi connectivity index (χ4v) is 6.65. The van der Waals surface area contributed by atoms with Gasteiger partial charge in [0.1, 0.15) is 0 Å². The number of halogens is 1. The maximum atomic E-state index is 11.4. The van der Waals surface area contributed by atoms with Gasteiger partial charge in [-0.1, -0.05) is 0 Å². The average Bonchev–Trinajstić information content (AvgIpc) is 3.15. The lowest BCUT2D eigenvalue weighted by Crippen LogP contribution is -2.41. The molecule has 3 heterocycles. The molecule has 0 spiro atoms. The number of piperidine rings is 2. The first-order chi connectivity index (χ1) is 13.9. The third-order valence-electron chi connectivity index (χ3n) is 6.16. The molecule has 0 bridgehead atoms. The van der Waals surface area contributed by atoms with Gasteiger partial charge in [-0.2, -0.15) is 0 Å². The number of rotatable bonds is 5. The van der Waals surface area contributed by atoms with E-state index in [0.717, 1.165) is 24.7 Å². The summed E-state index contributed by atoms with van der Waals surface area (Å²) in [6, 6.07) is 11.4. The van der Waals surface area contributed by atoms with Gasteiger partial charge < -0.3 is 9.80 Å². The topological polar surface area (TPSA) is 66.6 Å². The van der Waals surface area contributed by atoms with Crippen molar-refractivity contribution >= 4 is 43.0 Å². The van der Waals surface area contributed by atoms with Crippen molar-refractivity contribution in [2.45, 2.75) is 36.5 Å². The smallest absolute Gasteiger partial charge is 0.238 e. The van der Waals surface area contributed by atoms with Crippen molar-refractivity contribution in [2.24, 2.45) is 11.1 Å². The van der Waals surface area contributed by atoms with Gasteiger partial charge in [-0.3, -0.25) is 0 Å². The molecule has 4 rings (SSSR count). The number of thiophene rings is 1. The normalized spacial score (nSPS) is 22.1. The van der Waals surface area contributed by atoms with Crippen LogP contribution in [0.25, 0.3) is 0 Å². The average molecular weight is 499 g/mol. The Bertz CT molecular complexity index is 922. The molecule has 2 saturated heterocycles. The minimum atomic E-state index is -3.62. The molecule has 29 heavy (non-hydrogen) atoms. The summed E-state index contributed by atoms with van der Waals surface area (Å²) < 4.78 is 24.1. The van der Waals surface area contributed by atoms with Crippen LogP contribution < -0.4 is 10.0 Å². The first kappa shape index (κ1) is 21.3. The molecule has 158 valence electrons. The van der Waals surface area contributed by atoms with E-state index in [2.05, 4.69) is 37.9 Å². The van der Waals surface area contributed by atoms with Crippen LogP contribution in [-0.2, 0) is 10.0 Å². The minimum Gasteiger partial charge on any atom is -0.372 e. The molecular formula is C21H28BrN3O2S2. The van der Waals surface area contributed by atoms with Crippen molar-refractivity contribution in [1.29, 1.82) is 0 Å². The second-order valence-electron chi connectivity index (χ2n) is 8.21. The largest absolute Gasteiger partial charge is 0.372 e. The van der Waals surface area contributed by atoms with Crippen LogP contribution in [0.2, 0.25) is 0 Å². The Morgan fingerprint density at radius 2 is 1.76 bits per heavy atom. The summed E-state index contributed by atoms with van der Waals surface area (Å²) in [7, 11) is -3.62. The van der Waals surface area contributed by atoms with E-state index < -0.39 is 10.0 Å². The monoisotopic (exact) mass is 497 g/mol. The highest BCUT2D eigenvalue weighted by Crippen LogP contribution is 2.34. The quantitative estimate of drug-likeness (QED) is 0.670. The SMILES string of the molecule is NS(=O)(=O)c1ccc(N2CCC(CN3CCCC(c4ccc(Br)s4)C3)CC2)cc1. The van der Waals surface area contributed by atoms with E-state index in [0.29, 0.717) is 5.92 Å². The molecule has 8 heteroatoms. The third kappa shape index (κ3) is 5.41. The van der Waals surface area contributed by atoms with E-state index in [1.165, 1.54) is 54.0 Å². The standard InChI is InChI=1S/C21H28BrN3O2S2/c22-21-8-7-20(28-21)17-2-1-11-24(15-17)14-16-9-12-25(13-10-16)18-3-5-19(6-4-18)29(23,26)27/h3-8,16-17H,1-2,9-15H2,(H2,23,26,27). The molecule has 2 aliphatic heterocycles. The lowest BCUT2D eigenvalue weighted by atomic mass is 9.92. The van der Waals surface area contributed by atoms with Crippen molar-refractivity contribution in [3.05, 3.63) is 45.1 Å². The fourth-order valence-electron chi connectivity index (χ4n) is 4.59. The van der Waals surface area contributed by atoms with Gasteiger partial charge >= 0.3 is 0 Å². The van der Waals surface area contributed by atoms with E-state index in [-0.39, 0.29) is 4.90 Å². The Morgan fingerprint density at radius 1 is 1.03 bits per heavy atom. The van der Waals surface area contributed by atoms with E-state index in [1.54, 1.807) is 12.1 Å². The summed E-state index contributed by atoms with van der Waals surface area (Å²) >= 11 is 5.48. The molecule has 2 aromatic rings. The molecule has 0 radical (unpaired) electrons. The highest BCUT2D eigenvalue weighted by Gasteiger charge is 2.26. The maximum absolute atomic E-state index is 11.4. The maximum Gasteiger partial charge on any atom is 0.238 e. The first-order valence-electron chi connectivity index (χ1n) is 10.2. The summed E-state index contributed by atoms with van der Waals surface area (Å²) in [6.07, 6.45) is 4.96. The minimum absolute atomic E-state index is 0.175. The summed E-state index contributed by atoms with van der Waals surface area (Å²) in [5.74, 6) is 1.42. The Hall–Kier alpha value is -0.930. The van der Waals surface area contributed by atoms with Crippen molar-refractivity contribution < 1.29 is 8.42 Å². The Morgan fingerprint density at radius 3 is 2.38 bits per heavy atom. The van der Waals surface area contributed by atoms with Crippen molar-refractivity contribution in [1.82, 2.24) is 4.90 Å². The van der Waals surface area contributed by atoms with Gasteiger partial charge in [0.2, 0.25) is 10.0 Å². The van der Waals surface area contributed by atoms with E-state index in [9.17, 15) is 8.42 Å². The highest BCUT2D eigenvalue weighted by molar-refractivity contribution is 9.11. The molecule has 0 aliphatic carbocycles. The molecule has 2 aliphatic rings.